The summed E-state index contributed by atoms with van der Waals surface area (Å²) < 4.78 is 0. The molecule has 1 amide bonds. The summed E-state index contributed by atoms with van der Waals surface area (Å²) >= 11 is 0. The van der Waals surface area contributed by atoms with Crippen LogP contribution in [-0.2, 0) is 4.79 Å². The highest BCUT2D eigenvalue weighted by Crippen LogP contribution is 2.43. The normalized spacial score (nSPS) is 31.1. The van der Waals surface area contributed by atoms with Crippen LogP contribution in [0.15, 0.2) is 0 Å². The standard InChI is InChI=1S/C16H30N2O/c1-12(2)18(10-9-17)16(19)15-8-7-13-5-3-4-6-14(13)11-15/h12-15H,3-11,17H2,1-2H3. The summed E-state index contributed by atoms with van der Waals surface area (Å²) in [5.41, 5.74) is 5.65. The molecule has 0 aromatic rings. The average Bonchev–Trinajstić information content (AvgIpc) is 2.43. The Morgan fingerprint density at radius 2 is 1.84 bits per heavy atom. The van der Waals surface area contributed by atoms with Crippen molar-refractivity contribution in [2.45, 2.75) is 64.8 Å². The van der Waals surface area contributed by atoms with E-state index in [4.69, 9.17) is 5.73 Å². The smallest absolute Gasteiger partial charge is 0.225 e. The molecule has 0 aromatic carbocycles. The molecule has 0 spiro atoms. The fourth-order valence-electron chi connectivity index (χ4n) is 4.09. The Balaban J connectivity index is 1.95. The Kier molecular flexibility index (Phi) is 5.26. The van der Waals surface area contributed by atoms with E-state index in [9.17, 15) is 4.79 Å². The van der Waals surface area contributed by atoms with Gasteiger partial charge in [-0.25, -0.2) is 0 Å². The molecule has 2 rings (SSSR count). The third-order valence-corrected chi connectivity index (χ3v) is 5.17. The minimum absolute atomic E-state index is 0.272. The lowest BCUT2D eigenvalue weighted by molar-refractivity contribution is -0.139. The van der Waals surface area contributed by atoms with Crippen molar-refractivity contribution < 1.29 is 4.79 Å². The number of nitrogens with zero attached hydrogens (tertiary/aromatic N) is 1. The van der Waals surface area contributed by atoms with Crippen LogP contribution in [0.25, 0.3) is 0 Å². The number of fused-ring (bicyclic) bond motifs is 1. The van der Waals surface area contributed by atoms with Crippen LogP contribution in [0.4, 0.5) is 0 Å². The quantitative estimate of drug-likeness (QED) is 0.850. The van der Waals surface area contributed by atoms with E-state index in [0.29, 0.717) is 19.0 Å². The molecule has 2 aliphatic carbocycles. The van der Waals surface area contributed by atoms with Crippen molar-refractivity contribution in [2.75, 3.05) is 13.1 Å². The summed E-state index contributed by atoms with van der Waals surface area (Å²) in [6.45, 7) is 5.48. The first-order chi connectivity index (χ1) is 9.13. The van der Waals surface area contributed by atoms with E-state index in [2.05, 4.69) is 13.8 Å². The van der Waals surface area contributed by atoms with Gasteiger partial charge < -0.3 is 10.6 Å². The Hall–Kier alpha value is -0.570. The molecule has 0 saturated heterocycles. The van der Waals surface area contributed by atoms with Crippen LogP contribution in [0.5, 0.6) is 0 Å². The number of carbonyl (C=O) groups excluding carboxylic acids is 1. The molecule has 0 aromatic heterocycles. The topological polar surface area (TPSA) is 46.3 Å². The molecule has 3 atom stereocenters. The number of hydrogen-bond donors (Lipinski definition) is 1. The van der Waals surface area contributed by atoms with Gasteiger partial charge in [-0.05, 0) is 44.9 Å². The zero-order chi connectivity index (χ0) is 13.8. The van der Waals surface area contributed by atoms with E-state index >= 15 is 0 Å². The van der Waals surface area contributed by atoms with Crippen LogP contribution >= 0.6 is 0 Å². The van der Waals surface area contributed by atoms with E-state index < -0.39 is 0 Å². The maximum Gasteiger partial charge on any atom is 0.225 e. The van der Waals surface area contributed by atoms with Crippen LogP contribution in [0.3, 0.4) is 0 Å². The van der Waals surface area contributed by atoms with Crippen molar-refractivity contribution >= 4 is 5.91 Å². The maximum absolute atomic E-state index is 12.7. The lowest BCUT2D eigenvalue weighted by Crippen LogP contribution is -2.45. The minimum Gasteiger partial charge on any atom is -0.339 e. The van der Waals surface area contributed by atoms with Gasteiger partial charge in [0.05, 0.1) is 0 Å². The summed E-state index contributed by atoms with van der Waals surface area (Å²) in [4.78, 5) is 14.7. The van der Waals surface area contributed by atoms with Crippen LogP contribution in [0, 0.1) is 17.8 Å². The second kappa shape index (κ2) is 6.74. The molecular formula is C16H30N2O. The zero-order valence-corrected chi connectivity index (χ0v) is 12.6. The average molecular weight is 266 g/mol. The number of nitrogens with two attached hydrogens (primary N) is 1. The predicted octanol–water partition coefficient (Wildman–Crippen LogP) is 2.79. The Bertz CT molecular complexity index is 303. The van der Waals surface area contributed by atoms with Gasteiger partial charge in [-0.1, -0.05) is 25.7 Å². The van der Waals surface area contributed by atoms with Crippen LogP contribution in [-0.4, -0.2) is 29.9 Å². The van der Waals surface area contributed by atoms with Gasteiger partial charge in [0, 0.05) is 25.0 Å². The molecule has 2 aliphatic rings. The van der Waals surface area contributed by atoms with Crippen LogP contribution < -0.4 is 5.73 Å². The highest BCUT2D eigenvalue weighted by atomic mass is 16.2. The molecule has 0 heterocycles. The van der Waals surface area contributed by atoms with Crippen molar-refractivity contribution in [1.29, 1.82) is 0 Å². The number of hydrogen-bond acceptors (Lipinski definition) is 2. The third kappa shape index (κ3) is 3.50. The molecular weight excluding hydrogens is 236 g/mol. The van der Waals surface area contributed by atoms with Crippen LogP contribution in [0.2, 0.25) is 0 Å². The van der Waals surface area contributed by atoms with E-state index in [1.54, 1.807) is 0 Å². The highest BCUT2D eigenvalue weighted by molar-refractivity contribution is 5.79. The zero-order valence-electron chi connectivity index (χ0n) is 12.6. The number of amides is 1. The van der Waals surface area contributed by atoms with Crippen molar-refractivity contribution in [2.24, 2.45) is 23.5 Å². The molecule has 3 nitrogen and oxygen atoms in total. The summed E-state index contributed by atoms with van der Waals surface area (Å²) in [5, 5.41) is 0. The molecule has 0 radical (unpaired) electrons. The first-order valence-corrected chi connectivity index (χ1v) is 8.14. The van der Waals surface area contributed by atoms with Gasteiger partial charge >= 0.3 is 0 Å². The van der Waals surface area contributed by atoms with E-state index in [1.807, 2.05) is 4.90 Å². The molecule has 2 N–H and O–H groups in total. The Morgan fingerprint density at radius 1 is 1.16 bits per heavy atom. The minimum atomic E-state index is 0.272. The van der Waals surface area contributed by atoms with Gasteiger partial charge in [0.15, 0.2) is 0 Å². The summed E-state index contributed by atoms with van der Waals surface area (Å²) in [7, 11) is 0. The second-order valence-corrected chi connectivity index (χ2v) is 6.73. The summed E-state index contributed by atoms with van der Waals surface area (Å²) in [6, 6.07) is 0.278. The van der Waals surface area contributed by atoms with Gasteiger partial charge in [0.1, 0.15) is 0 Å². The lowest BCUT2D eigenvalue weighted by atomic mass is 9.67. The van der Waals surface area contributed by atoms with Gasteiger partial charge in [-0.2, -0.15) is 0 Å². The van der Waals surface area contributed by atoms with Crippen molar-refractivity contribution in [1.82, 2.24) is 4.90 Å². The molecule has 2 fully saturated rings. The highest BCUT2D eigenvalue weighted by Gasteiger charge is 2.36. The molecule has 0 aliphatic heterocycles. The first-order valence-electron chi connectivity index (χ1n) is 8.14. The fraction of sp³-hybridized carbons (Fsp3) is 0.938. The number of rotatable bonds is 4. The molecule has 3 heteroatoms. The van der Waals surface area contributed by atoms with Gasteiger partial charge in [0.25, 0.3) is 0 Å². The molecule has 2 saturated carbocycles. The van der Waals surface area contributed by atoms with Gasteiger partial charge in [-0.3, -0.25) is 4.79 Å². The summed E-state index contributed by atoms with van der Waals surface area (Å²) in [6.07, 6.45) is 9.06. The molecule has 3 unspecified atom stereocenters. The monoisotopic (exact) mass is 266 g/mol. The largest absolute Gasteiger partial charge is 0.339 e. The van der Waals surface area contributed by atoms with Crippen molar-refractivity contribution in [3.05, 3.63) is 0 Å². The Labute approximate surface area is 117 Å². The molecule has 0 bridgehead atoms. The second-order valence-electron chi connectivity index (χ2n) is 6.73. The molecule has 19 heavy (non-hydrogen) atoms. The van der Waals surface area contributed by atoms with E-state index in [1.165, 1.54) is 32.1 Å². The maximum atomic E-state index is 12.7. The van der Waals surface area contributed by atoms with Gasteiger partial charge in [0.2, 0.25) is 5.91 Å². The fourth-order valence-corrected chi connectivity index (χ4v) is 4.09. The molecule has 110 valence electrons. The predicted molar refractivity (Wildman–Crippen MR) is 78.7 cm³/mol. The van der Waals surface area contributed by atoms with Crippen molar-refractivity contribution in [3.63, 3.8) is 0 Å². The lowest BCUT2D eigenvalue weighted by Gasteiger charge is -2.40. The van der Waals surface area contributed by atoms with Gasteiger partial charge in [-0.15, -0.1) is 0 Å². The van der Waals surface area contributed by atoms with Crippen LogP contribution in [0.1, 0.15) is 58.8 Å². The summed E-state index contributed by atoms with van der Waals surface area (Å²) in [5.74, 6) is 2.38. The first kappa shape index (κ1) is 14.8. The SMILES string of the molecule is CC(C)N(CCN)C(=O)C1CCC2CCCCC2C1. The van der Waals surface area contributed by atoms with Crippen molar-refractivity contribution in [3.8, 4) is 0 Å². The van der Waals surface area contributed by atoms with E-state index in [-0.39, 0.29) is 12.0 Å². The van der Waals surface area contributed by atoms with E-state index in [0.717, 1.165) is 24.7 Å². The Morgan fingerprint density at radius 3 is 2.47 bits per heavy atom. The number of carbonyl (C=O) groups is 1. The third-order valence-electron chi connectivity index (χ3n) is 5.17.